The van der Waals surface area contributed by atoms with E-state index in [0.717, 1.165) is 4.90 Å². The standard InChI is InChI=1S/C20H16ClN3O5/c1-28-14-10-6-5-9-13(14)23-18(25)15-16(20(27)29-2)22-24(17(15)19(23)26)12-8-4-3-7-11(12)21/h3-10,15,17H,1-2H3/t15-,17+/m0/s1. The number of rotatable bonds is 4. The highest BCUT2D eigenvalue weighted by molar-refractivity contribution is 6.47. The third kappa shape index (κ3) is 2.84. The highest BCUT2D eigenvalue weighted by Gasteiger charge is 2.59. The number of methoxy groups -OCH3 is 2. The van der Waals surface area contributed by atoms with Crippen LogP contribution in [0.3, 0.4) is 0 Å². The molecular formula is C20H16ClN3O5. The summed E-state index contributed by atoms with van der Waals surface area (Å²) in [6.07, 6.45) is 0. The third-order valence-electron chi connectivity index (χ3n) is 4.87. The SMILES string of the molecule is COC(=O)C1=NN(c2ccccc2Cl)[C@H]2C(=O)N(c3ccccc3OC)C(=O)[C@@H]12. The molecule has 0 unspecified atom stereocenters. The van der Waals surface area contributed by atoms with Gasteiger partial charge < -0.3 is 9.47 Å². The number of esters is 1. The largest absolute Gasteiger partial charge is 0.495 e. The molecule has 2 atom stereocenters. The van der Waals surface area contributed by atoms with Crippen molar-refractivity contribution < 1.29 is 23.9 Å². The van der Waals surface area contributed by atoms with Gasteiger partial charge in [-0.3, -0.25) is 9.59 Å². The predicted molar refractivity (Wildman–Crippen MR) is 106 cm³/mol. The van der Waals surface area contributed by atoms with Crippen LogP contribution in [0, 0.1) is 5.92 Å². The lowest BCUT2D eigenvalue weighted by atomic mass is 9.98. The Bertz CT molecular complexity index is 1050. The zero-order chi connectivity index (χ0) is 20.7. The van der Waals surface area contributed by atoms with E-state index in [0.29, 0.717) is 22.1 Å². The highest BCUT2D eigenvalue weighted by Crippen LogP contribution is 2.41. The van der Waals surface area contributed by atoms with Crippen molar-refractivity contribution in [1.29, 1.82) is 0 Å². The smallest absolute Gasteiger partial charge is 0.355 e. The molecule has 0 bridgehead atoms. The Morgan fingerprint density at radius 3 is 2.31 bits per heavy atom. The number of para-hydroxylation sites is 3. The van der Waals surface area contributed by atoms with Crippen molar-refractivity contribution in [3.8, 4) is 5.75 Å². The monoisotopic (exact) mass is 413 g/mol. The van der Waals surface area contributed by atoms with Gasteiger partial charge in [-0.1, -0.05) is 35.9 Å². The van der Waals surface area contributed by atoms with Crippen LogP contribution >= 0.6 is 11.6 Å². The van der Waals surface area contributed by atoms with Gasteiger partial charge in [0.25, 0.3) is 5.91 Å². The number of benzene rings is 2. The summed E-state index contributed by atoms with van der Waals surface area (Å²) in [5.74, 6) is -2.65. The van der Waals surface area contributed by atoms with E-state index in [1.807, 2.05) is 0 Å². The van der Waals surface area contributed by atoms with Crippen LogP contribution in [0.2, 0.25) is 5.02 Å². The highest BCUT2D eigenvalue weighted by atomic mass is 35.5. The second kappa shape index (κ2) is 7.21. The third-order valence-corrected chi connectivity index (χ3v) is 5.19. The minimum atomic E-state index is -1.11. The van der Waals surface area contributed by atoms with Crippen molar-refractivity contribution in [3.63, 3.8) is 0 Å². The van der Waals surface area contributed by atoms with Crippen LogP contribution in [-0.4, -0.2) is 43.8 Å². The Hall–Kier alpha value is -3.39. The second-order valence-electron chi connectivity index (χ2n) is 6.38. The lowest BCUT2D eigenvalue weighted by Crippen LogP contribution is -2.39. The summed E-state index contributed by atoms with van der Waals surface area (Å²) >= 11 is 6.28. The molecule has 2 aliphatic heterocycles. The van der Waals surface area contributed by atoms with Crippen molar-refractivity contribution in [2.75, 3.05) is 24.1 Å². The average molecular weight is 414 g/mol. The summed E-state index contributed by atoms with van der Waals surface area (Å²) in [7, 11) is 2.64. The number of hydrogen-bond donors (Lipinski definition) is 0. The van der Waals surface area contributed by atoms with Crippen LogP contribution in [0.25, 0.3) is 0 Å². The maximum absolute atomic E-state index is 13.4. The maximum atomic E-state index is 13.4. The number of halogens is 1. The zero-order valence-corrected chi connectivity index (χ0v) is 16.3. The number of ether oxygens (including phenoxy) is 2. The number of carbonyl (C=O) groups is 3. The van der Waals surface area contributed by atoms with Crippen LogP contribution in [0.1, 0.15) is 0 Å². The molecule has 8 nitrogen and oxygen atoms in total. The maximum Gasteiger partial charge on any atom is 0.355 e. The zero-order valence-electron chi connectivity index (χ0n) is 15.5. The van der Waals surface area contributed by atoms with E-state index in [1.165, 1.54) is 19.2 Å². The fraction of sp³-hybridized carbons (Fsp3) is 0.200. The lowest BCUT2D eigenvalue weighted by Gasteiger charge is -2.23. The van der Waals surface area contributed by atoms with Gasteiger partial charge in [-0.05, 0) is 24.3 Å². The summed E-state index contributed by atoms with van der Waals surface area (Å²) in [4.78, 5) is 40.0. The minimum Gasteiger partial charge on any atom is -0.495 e. The molecule has 1 fully saturated rings. The van der Waals surface area contributed by atoms with Crippen LogP contribution in [0.15, 0.2) is 53.6 Å². The molecule has 4 rings (SSSR count). The Labute approximate surface area is 171 Å². The number of hydrazone groups is 1. The molecule has 2 aliphatic rings. The summed E-state index contributed by atoms with van der Waals surface area (Å²) in [5.41, 5.74) is 0.557. The van der Waals surface area contributed by atoms with Gasteiger partial charge in [0.05, 0.1) is 30.6 Å². The number of hydrogen-bond acceptors (Lipinski definition) is 7. The molecule has 0 aliphatic carbocycles. The van der Waals surface area contributed by atoms with E-state index in [2.05, 4.69) is 5.10 Å². The van der Waals surface area contributed by atoms with Gasteiger partial charge in [0.2, 0.25) is 5.91 Å². The number of imide groups is 1. The molecule has 148 valence electrons. The Balaban J connectivity index is 1.85. The van der Waals surface area contributed by atoms with Gasteiger partial charge in [-0.25, -0.2) is 14.7 Å². The first-order valence-electron chi connectivity index (χ1n) is 8.71. The molecular weight excluding hydrogens is 398 g/mol. The van der Waals surface area contributed by atoms with Gasteiger partial charge in [0.15, 0.2) is 5.71 Å². The van der Waals surface area contributed by atoms with Gasteiger partial charge in [-0.15, -0.1) is 0 Å². The molecule has 9 heteroatoms. The summed E-state index contributed by atoms with van der Waals surface area (Å²) in [6.45, 7) is 0. The number of fused-ring (bicyclic) bond motifs is 1. The van der Waals surface area contributed by atoms with Crippen LogP contribution in [0.4, 0.5) is 11.4 Å². The molecule has 2 aromatic carbocycles. The first kappa shape index (κ1) is 18.9. The van der Waals surface area contributed by atoms with Gasteiger partial charge in [0.1, 0.15) is 17.7 Å². The first-order valence-corrected chi connectivity index (χ1v) is 9.08. The lowest BCUT2D eigenvalue weighted by molar-refractivity contribution is -0.133. The molecule has 2 aromatic rings. The van der Waals surface area contributed by atoms with E-state index in [-0.39, 0.29) is 5.71 Å². The van der Waals surface area contributed by atoms with Crippen LogP contribution in [0.5, 0.6) is 5.75 Å². The number of carbonyl (C=O) groups excluding carboxylic acids is 3. The minimum absolute atomic E-state index is 0.145. The van der Waals surface area contributed by atoms with Gasteiger partial charge in [-0.2, -0.15) is 5.10 Å². The molecule has 0 spiro atoms. The van der Waals surface area contributed by atoms with E-state index < -0.39 is 29.7 Å². The molecule has 0 aromatic heterocycles. The fourth-order valence-corrected chi connectivity index (χ4v) is 3.80. The number of amides is 2. The second-order valence-corrected chi connectivity index (χ2v) is 6.79. The molecule has 29 heavy (non-hydrogen) atoms. The molecule has 0 radical (unpaired) electrons. The molecule has 2 amide bonds. The van der Waals surface area contributed by atoms with Crippen molar-refractivity contribution in [2.45, 2.75) is 6.04 Å². The Kier molecular flexibility index (Phi) is 4.71. The van der Waals surface area contributed by atoms with Crippen molar-refractivity contribution >= 4 is 46.5 Å². The van der Waals surface area contributed by atoms with Crippen LogP contribution in [-0.2, 0) is 19.1 Å². The van der Waals surface area contributed by atoms with Crippen molar-refractivity contribution in [3.05, 3.63) is 53.6 Å². The number of nitrogens with zero attached hydrogens (tertiary/aromatic N) is 3. The summed E-state index contributed by atoms with van der Waals surface area (Å²) in [5, 5.41) is 5.88. The van der Waals surface area contributed by atoms with Crippen molar-refractivity contribution in [2.24, 2.45) is 11.0 Å². The number of anilines is 2. The fourth-order valence-electron chi connectivity index (χ4n) is 3.58. The van der Waals surface area contributed by atoms with E-state index in [1.54, 1.807) is 48.5 Å². The first-order chi connectivity index (χ1) is 14.0. The average Bonchev–Trinajstić information content (AvgIpc) is 3.25. The normalized spacial score (nSPS) is 20.6. The molecule has 0 saturated carbocycles. The van der Waals surface area contributed by atoms with E-state index in [4.69, 9.17) is 21.1 Å². The summed E-state index contributed by atoms with van der Waals surface area (Å²) < 4.78 is 10.1. The molecule has 2 heterocycles. The Morgan fingerprint density at radius 1 is 1.00 bits per heavy atom. The quantitative estimate of drug-likeness (QED) is 0.564. The molecule has 0 N–H and O–H groups in total. The Morgan fingerprint density at radius 2 is 1.66 bits per heavy atom. The topological polar surface area (TPSA) is 88.5 Å². The van der Waals surface area contributed by atoms with Gasteiger partial charge >= 0.3 is 5.97 Å². The van der Waals surface area contributed by atoms with E-state index >= 15 is 0 Å². The molecule has 1 saturated heterocycles. The van der Waals surface area contributed by atoms with Crippen molar-refractivity contribution in [1.82, 2.24) is 0 Å². The van der Waals surface area contributed by atoms with Gasteiger partial charge in [0, 0.05) is 0 Å². The van der Waals surface area contributed by atoms with Crippen LogP contribution < -0.4 is 14.6 Å². The summed E-state index contributed by atoms with van der Waals surface area (Å²) in [6, 6.07) is 12.4. The predicted octanol–water partition coefficient (Wildman–Crippen LogP) is 2.26. The van der Waals surface area contributed by atoms with E-state index in [9.17, 15) is 14.4 Å².